The smallest absolute Gasteiger partial charge is 0.343 e. The van der Waals surface area contributed by atoms with Gasteiger partial charge in [-0.2, -0.15) is 10.1 Å². The second kappa shape index (κ2) is 7.70. The number of hydrogen-bond acceptors (Lipinski definition) is 6. The summed E-state index contributed by atoms with van der Waals surface area (Å²) in [6, 6.07) is 9.74. The summed E-state index contributed by atoms with van der Waals surface area (Å²) in [6.45, 7) is 5.97. The SMILES string of the molecule is Cc1nn(Cc2ccccc2)c(Cl)c1C(=O)OCc1nc(C(C)C)no1. The van der Waals surface area contributed by atoms with Gasteiger partial charge in [0.2, 0.25) is 0 Å². The summed E-state index contributed by atoms with van der Waals surface area (Å²) in [5.41, 5.74) is 1.78. The molecule has 0 unspecified atom stereocenters. The predicted octanol–water partition coefficient (Wildman–Crippen LogP) is 3.76. The lowest BCUT2D eigenvalue weighted by atomic mass is 10.2. The van der Waals surface area contributed by atoms with E-state index >= 15 is 0 Å². The van der Waals surface area contributed by atoms with Gasteiger partial charge in [-0.05, 0) is 12.5 Å². The summed E-state index contributed by atoms with van der Waals surface area (Å²) < 4.78 is 11.9. The fraction of sp³-hybridized carbons (Fsp3) is 0.333. The van der Waals surface area contributed by atoms with E-state index in [1.165, 1.54) is 0 Å². The predicted molar refractivity (Wildman–Crippen MR) is 95.0 cm³/mol. The van der Waals surface area contributed by atoms with Gasteiger partial charge in [-0.3, -0.25) is 0 Å². The Morgan fingerprint density at radius 2 is 2.04 bits per heavy atom. The maximum Gasteiger partial charge on any atom is 0.343 e. The van der Waals surface area contributed by atoms with E-state index in [9.17, 15) is 4.79 Å². The maximum atomic E-state index is 12.4. The fourth-order valence-electron chi connectivity index (χ4n) is 2.41. The average molecular weight is 375 g/mol. The Hall–Kier alpha value is -2.67. The van der Waals surface area contributed by atoms with E-state index < -0.39 is 5.97 Å². The maximum absolute atomic E-state index is 12.4. The molecule has 1 aromatic carbocycles. The van der Waals surface area contributed by atoms with Gasteiger partial charge in [-0.25, -0.2) is 9.48 Å². The highest BCUT2D eigenvalue weighted by molar-refractivity contribution is 6.32. The van der Waals surface area contributed by atoms with Crippen molar-refractivity contribution >= 4 is 17.6 Å². The lowest BCUT2D eigenvalue weighted by Gasteiger charge is -2.04. The highest BCUT2D eigenvalue weighted by Crippen LogP contribution is 2.22. The Kier molecular flexibility index (Phi) is 5.37. The minimum atomic E-state index is -0.573. The number of hydrogen-bond donors (Lipinski definition) is 0. The highest BCUT2D eigenvalue weighted by atomic mass is 35.5. The van der Waals surface area contributed by atoms with Crippen LogP contribution in [0, 0.1) is 6.92 Å². The van der Waals surface area contributed by atoms with E-state index in [0.717, 1.165) is 5.56 Å². The normalized spacial score (nSPS) is 11.1. The van der Waals surface area contributed by atoms with Crippen LogP contribution in [0.25, 0.3) is 0 Å². The lowest BCUT2D eigenvalue weighted by molar-refractivity contribution is 0.0429. The molecule has 0 N–H and O–H groups in total. The standard InChI is InChI=1S/C18H19ClN4O3/c1-11(2)17-20-14(26-22-17)10-25-18(24)15-12(3)21-23(16(15)19)9-13-7-5-4-6-8-13/h4-8,11H,9-10H2,1-3H3. The van der Waals surface area contributed by atoms with Crippen molar-refractivity contribution in [2.75, 3.05) is 0 Å². The monoisotopic (exact) mass is 374 g/mol. The van der Waals surface area contributed by atoms with E-state index in [-0.39, 0.29) is 29.1 Å². The third-order valence-electron chi connectivity index (χ3n) is 3.77. The van der Waals surface area contributed by atoms with Crippen molar-refractivity contribution < 1.29 is 14.1 Å². The van der Waals surface area contributed by atoms with E-state index in [4.69, 9.17) is 20.9 Å². The van der Waals surface area contributed by atoms with Crippen molar-refractivity contribution in [3.8, 4) is 0 Å². The van der Waals surface area contributed by atoms with Crippen LogP contribution >= 0.6 is 11.6 Å². The molecule has 0 aliphatic rings. The fourth-order valence-corrected chi connectivity index (χ4v) is 2.72. The molecule has 0 aliphatic heterocycles. The minimum absolute atomic E-state index is 0.113. The van der Waals surface area contributed by atoms with Crippen LogP contribution in [0.3, 0.4) is 0 Å². The number of halogens is 1. The first-order chi connectivity index (χ1) is 12.5. The molecule has 0 spiro atoms. The molecule has 0 atom stereocenters. The molecule has 0 saturated carbocycles. The first-order valence-corrected chi connectivity index (χ1v) is 8.60. The molecule has 0 saturated heterocycles. The van der Waals surface area contributed by atoms with Gasteiger partial charge in [0.1, 0.15) is 10.7 Å². The molecule has 2 aromatic heterocycles. The van der Waals surface area contributed by atoms with Crippen LogP contribution in [0.5, 0.6) is 0 Å². The summed E-state index contributed by atoms with van der Waals surface area (Å²) in [5, 5.41) is 8.41. The summed E-state index contributed by atoms with van der Waals surface area (Å²) in [5.74, 6) is 0.376. The zero-order valence-corrected chi connectivity index (χ0v) is 15.5. The van der Waals surface area contributed by atoms with Gasteiger partial charge in [0.25, 0.3) is 5.89 Å². The van der Waals surface area contributed by atoms with Crippen molar-refractivity contribution in [3.05, 3.63) is 64.0 Å². The van der Waals surface area contributed by atoms with E-state index in [0.29, 0.717) is 18.1 Å². The van der Waals surface area contributed by atoms with Crippen LogP contribution in [0.4, 0.5) is 0 Å². The molecule has 136 valence electrons. The molecule has 7 nitrogen and oxygen atoms in total. The second-order valence-electron chi connectivity index (χ2n) is 6.17. The third kappa shape index (κ3) is 3.94. The van der Waals surface area contributed by atoms with Crippen molar-refractivity contribution in [3.63, 3.8) is 0 Å². The number of carbonyl (C=O) groups is 1. The second-order valence-corrected chi connectivity index (χ2v) is 6.53. The van der Waals surface area contributed by atoms with Gasteiger partial charge in [-0.1, -0.05) is 60.9 Å². The van der Waals surface area contributed by atoms with Crippen LogP contribution in [-0.4, -0.2) is 25.9 Å². The van der Waals surface area contributed by atoms with Gasteiger partial charge in [0.05, 0.1) is 12.2 Å². The molecule has 2 heterocycles. The van der Waals surface area contributed by atoms with E-state index in [1.54, 1.807) is 11.6 Å². The Bertz CT molecular complexity index is 903. The zero-order valence-electron chi connectivity index (χ0n) is 14.8. The Morgan fingerprint density at radius 1 is 1.31 bits per heavy atom. The van der Waals surface area contributed by atoms with Gasteiger partial charge >= 0.3 is 5.97 Å². The Labute approximate surface area is 155 Å². The minimum Gasteiger partial charge on any atom is -0.452 e. The van der Waals surface area contributed by atoms with Crippen LogP contribution in [0.1, 0.15) is 53.1 Å². The summed E-state index contributed by atoms with van der Waals surface area (Å²) >= 11 is 6.35. The molecule has 0 radical (unpaired) electrons. The first-order valence-electron chi connectivity index (χ1n) is 8.22. The van der Waals surface area contributed by atoms with Crippen molar-refractivity contribution in [1.29, 1.82) is 0 Å². The van der Waals surface area contributed by atoms with Gasteiger partial charge in [0.15, 0.2) is 12.4 Å². The Balaban J connectivity index is 1.70. The van der Waals surface area contributed by atoms with Crippen LogP contribution in [0.15, 0.2) is 34.9 Å². The quantitative estimate of drug-likeness (QED) is 0.611. The number of rotatable bonds is 6. The number of aryl methyl sites for hydroxylation is 1. The van der Waals surface area contributed by atoms with Crippen LogP contribution in [0.2, 0.25) is 5.15 Å². The van der Waals surface area contributed by atoms with Crippen molar-refractivity contribution in [1.82, 2.24) is 19.9 Å². The molecule has 0 bridgehead atoms. The number of nitrogens with zero attached hydrogens (tertiary/aromatic N) is 4. The molecule has 0 aliphatic carbocycles. The number of aromatic nitrogens is 4. The molecular formula is C18H19ClN4O3. The number of carbonyl (C=O) groups excluding carboxylic acids is 1. The molecule has 8 heteroatoms. The van der Waals surface area contributed by atoms with Crippen LogP contribution in [-0.2, 0) is 17.9 Å². The van der Waals surface area contributed by atoms with E-state index in [2.05, 4.69) is 15.2 Å². The van der Waals surface area contributed by atoms with Crippen LogP contribution < -0.4 is 0 Å². The topological polar surface area (TPSA) is 83.0 Å². The summed E-state index contributed by atoms with van der Waals surface area (Å²) in [7, 11) is 0. The largest absolute Gasteiger partial charge is 0.452 e. The zero-order chi connectivity index (χ0) is 18.7. The van der Waals surface area contributed by atoms with Gasteiger partial charge in [-0.15, -0.1) is 0 Å². The molecule has 26 heavy (non-hydrogen) atoms. The van der Waals surface area contributed by atoms with E-state index in [1.807, 2.05) is 44.2 Å². The molecule has 0 fully saturated rings. The molecular weight excluding hydrogens is 356 g/mol. The van der Waals surface area contributed by atoms with Gasteiger partial charge in [0, 0.05) is 5.92 Å². The van der Waals surface area contributed by atoms with Crippen molar-refractivity contribution in [2.24, 2.45) is 0 Å². The lowest BCUT2D eigenvalue weighted by Crippen LogP contribution is -2.07. The Morgan fingerprint density at radius 3 is 2.69 bits per heavy atom. The third-order valence-corrected chi connectivity index (χ3v) is 4.16. The van der Waals surface area contributed by atoms with Crippen molar-refractivity contribution in [2.45, 2.75) is 39.8 Å². The number of ether oxygens (including phenoxy) is 1. The molecule has 3 rings (SSSR count). The molecule has 0 amide bonds. The molecule has 3 aromatic rings. The number of esters is 1. The number of benzene rings is 1. The first kappa shape index (κ1) is 18.1. The highest BCUT2D eigenvalue weighted by Gasteiger charge is 2.22. The average Bonchev–Trinajstić information content (AvgIpc) is 3.19. The van der Waals surface area contributed by atoms with Gasteiger partial charge < -0.3 is 9.26 Å². The summed E-state index contributed by atoms with van der Waals surface area (Å²) in [6.07, 6.45) is 0. The summed E-state index contributed by atoms with van der Waals surface area (Å²) in [4.78, 5) is 16.6.